The Kier molecular flexibility index (Phi) is 5.43. The van der Waals surface area contributed by atoms with Crippen molar-refractivity contribution in [3.63, 3.8) is 0 Å². The van der Waals surface area contributed by atoms with Crippen molar-refractivity contribution in [3.8, 4) is 28.6 Å². The van der Waals surface area contributed by atoms with Crippen molar-refractivity contribution in [2.75, 3.05) is 21.3 Å². The maximum absolute atomic E-state index is 6.36. The third-order valence-electron chi connectivity index (χ3n) is 3.64. The Hall–Kier alpha value is -2.99. The van der Waals surface area contributed by atoms with Gasteiger partial charge in [-0.05, 0) is 23.8 Å². The maximum Gasteiger partial charge on any atom is 0.269 e. The minimum Gasteiger partial charge on any atom is -0.493 e. The second-order valence-electron chi connectivity index (χ2n) is 5.24. The standard InChI is InChI=1S/C19H17ClN2O4/c1-23-15-10-12(11-16(24-2)17(15)25-3)9-14(20)19-21-18(22-26-19)13-7-5-4-6-8-13/h4-11H,1-3H3/b14-9-. The highest BCUT2D eigenvalue weighted by molar-refractivity contribution is 6.50. The van der Waals surface area contributed by atoms with Crippen LogP contribution >= 0.6 is 11.6 Å². The molecule has 0 radical (unpaired) electrons. The van der Waals surface area contributed by atoms with Crippen LogP contribution in [0, 0.1) is 0 Å². The zero-order valence-corrected chi connectivity index (χ0v) is 15.3. The summed E-state index contributed by atoms with van der Waals surface area (Å²) in [4.78, 5) is 4.33. The van der Waals surface area contributed by atoms with Crippen molar-refractivity contribution in [2.24, 2.45) is 0 Å². The molecule has 134 valence electrons. The van der Waals surface area contributed by atoms with Crippen LogP contribution in [0.3, 0.4) is 0 Å². The van der Waals surface area contributed by atoms with Crippen LogP contribution < -0.4 is 14.2 Å². The maximum atomic E-state index is 6.36. The highest BCUT2D eigenvalue weighted by Gasteiger charge is 2.15. The van der Waals surface area contributed by atoms with E-state index in [-0.39, 0.29) is 5.89 Å². The van der Waals surface area contributed by atoms with Gasteiger partial charge in [-0.25, -0.2) is 0 Å². The Morgan fingerprint density at radius 1 is 1.00 bits per heavy atom. The van der Waals surface area contributed by atoms with E-state index in [9.17, 15) is 0 Å². The number of benzene rings is 2. The lowest BCUT2D eigenvalue weighted by Crippen LogP contribution is -1.95. The number of hydrogen-bond donors (Lipinski definition) is 0. The van der Waals surface area contributed by atoms with Gasteiger partial charge in [0, 0.05) is 5.56 Å². The summed E-state index contributed by atoms with van der Waals surface area (Å²) in [5, 5.41) is 4.26. The normalized spacial score (nSPS) is 11.3. The molecule has 0 amide bonds. The Bertz CT molecular complexity index is 897. The van der Waals surface area contributed by atoms with Crippen molar-refractivity contribution >= 4 is 22.7 Å². The van der Waals surface area contributed by atoms with Gasteiger partial charge in [-0.1, -0.05) is 47.1 Å². The summed E-state index contributed by atoms with van der Waals surface area (Å²) in [5.74, 6) is 2.25. The molecule has 3 aromatic rings. The van der Waals surface area contributed by atoms with Crippen molar-refractivity contribution in [3.05, 3.63) is 53.9 Å². The Labute approximate surface area is 156 Å². The number of rotatable bonds is 6. The van der Waals surface area contributed by atoms with E-state index in [4.69, 9.17) is 30.3 Å². The van der Waals surface area contributed by atoms with Crippen molar-refractivity contribution in [2.45, 2.75) is 0 Å². The molecule has 0 spiro atoms. The first-order valence-corrected chi connectivity index (χ1v) is 8.10. The van der Waals surface area contributed by atoms with E-state index in [1.807, 2.05) is 30.3 Å². The van der Waals surface area contributed by atoms with Crippen LogP contribution in [0.4, 0.5) is 0 Å². The minimum atomic E-state index is 0.222. The molecule has 0 saturated carbocycles. The molecule has 0 aliphatic heterocycles. The average Bonchev–Trinajstić information content (AvgIpc) is 3.18. The van der Waals surface area contributed by atoms with E-state index >= 15 is 0 Å². The van der Waals surface area contributed by atoms with E-state index in [1.54, 1.807) is 39.5 Å². The molecular formula is C19H17ClN2O4. The summed E-state index contributed by atoms with van der Waals surface area (Å²) in [5.41, 5.74) is 1.59. The molecule has 2 aromatic carbocycles. The Balaban J connectivity index is 1.94. The number of methoxy groups -OCH3 is 3. The summed E-state index contributed by atoms with van der Waals surface area (Å²) in [6, 6.07) is 13.1. The van der Waals surface area contributed by atoms with Crippen LogP contribution in [-0.2, 0) is 0 Å². The smallest absolute Gasteiger partial charge is 0.269 e. The summed E-state index contributed by atoms with van der Waals surface area (Å²) < 4.78 is 21.3. The van der Waals surface area contributed by atoms with E-state index in [1.165, 1.54) is 0 Å². The molecule has 6 nitrogen and oxygen atoms in total. The highest BCUT2D eigenvalue weighted by Crippen LogP contribution is 2.39. The lowest BCUT2D eigenvalue weighted by atomic mass is 10.1. The number of halogens is 1. The average molecular weight is 373 g/mol. The van der Waals surface area contributed by atoms with Crippen LogP contribution in [0.1, 0.15) is 11.5 Å². The van der Waals surface area contributed by atoms with Gasteiger partial charge in [0.2, 0.25) is 11.6 Å². The molecule has 0 fully saturated rings. The van der Waals surface area contributed by atoms with E-state index in [0.717, 1.165) is 11.1 Å². The van der Waals surface area contributed by atoms with Gasteiger partial charge in [0.15, 0.2) is 11.5 Å². The molecular weight excluding hydrogens is 356 g/mol. The predicted molar refractivity (Wildman–Crippen MR) is 99.6 cm³/mol. The number of ether oxygens (including phenoxy) is 3. The number of hydrogen-bond acceptors (Lipinski definition) is 6. The second kappa shape index (κ2) is 7.93. The van der Waals surface area contributed by atoms with E-state index in [0.29, 0.717) is 28.1 Å². The zero-order valence-electron chi connectivity index (χ0n) is 14.5. The zero-order chi connectivity index (χ0) is 18.5. The lowest BCUT2D eigenvalue weighted by molar-refractivity contribution is 0.324. The first kappa shape index (κ1) is 17.8. The number of aromatic nitrogens is 2. The molecule has 0 aliphatic rings. The topological polar surface area (TPSA) is 66.6 Å². The van der Waals surface area contributed by atoms with Crippen molar-refractivity contribution in [1.82, 2.24) is 10.1 Å². The third kappa shape index (κ3) is 3.65. The van der Waals surface area contributed by atoms with Crippen molar-refractivity contribution < 1.29 is 18.7 Å². The molecule has 1 aromatic heterocycles. The molecule has 0 aliphatic carbocycles. The Morgan fingerprint density at radius 3 is 2.23 bits per heavy atom. The van der Waals surface area contributed by atoms with E-state index < -0.39 is 0 Å². The summed E-state index contributed by atoms with van der Waals surface area (Å²) >= 11 is 6.36. The van der Waals surface area contributed by atoms with E-state index in [2.05, 4.69) is 10.1 Å². The van der Waals surface area contributed by atoms with Gasteiger partial charge in [0.25, 0.3) is 5.89 Å². The van der Waals surface area contributed by atoms with Crippen molar-refractivity contribution in [1.29, 1.82) is 0 Å². The van der Waals surface area contributed by atoms with Gasteiger partial charge < -0.3 is 18.7 Å². The molecule has 0 bridgehead atoms. The van der Waals surface area contributed by atoms with Gasteiger partial charge >= 0.3 is 0 Å². The van der Waals surface area contributed by atoms with Gasteiger partial charge in [-0.3, -0.25) is 0 Å². The SMILES string of the molecule is COc1cc(/C=C(\Cl)c2nc(-c3ccccc3)no2)cc(OC)c1OC. The Morgan fingerprint density at radius 2 is 1.65 bits per heavy atom. The summed E-state index contributed by atoms with van der Waals surface area (Å²) in [6.45, 7) is 0. The second-order valence-corrected chi connectivity index (χ2v) is 5.65. The van der Waals surface area contributed by atoms with Crippen LogP contribution in [0.5, 0.6) is 17.2 Å². The molecule has 0 unspecified atom stereocenters. The van der Waals surface area contributed by atoms with Crippen LogP contribution in [0.2, 0.25) is 0 Å². The highest BCUT2D eigenvalue weighted by atomic mass is 35.5. The first-order valence-electron chi connectivity index (χ1n) is 7.73. The summed E-state index contributed by atoms with van der Waals surface area (Å²) in [7, 11) is 4.65. The molecule has 26 heavy (non-hydrogen) atoms. The molecule has 0 N–H and O–H groups in total. The summed E-state index contributed by atoms with van der Waals surface area (Å²) in [6.07, 6.45) is 1.69. The van der Waals surface area contributed by atoms with Crippen LogP contribution in [0.15, 0.2) is 47.0 Å². The molecule has 3 rings (SSSR count). The van der Waals surface area contributed by atoms with Gasteiger partial charge in [-0.2, -0.15) is 4.98 Å². The fraction of sp³-hybridized carbons (Fsp3) is 0.158. The number of nitrogens with zero attached hydrogens (tertiary/aromatic N) is 2. The lowest BCUT2D eigenvalue weighted by Gasteiger charge is -2.12. The fourth-order valence-corrected chi connectivity index (χ4v) is 2.62. The van der Waals surface area contributed by atoms with Gasteiger partial charge in [0.05, 0.1) is 21.3 Å². The monoisotopic (exact) mass is 372 g/mol. The van der Waals surface area contributed by atoms with Crippen LogP contribution in [0.25, 0.3) is 22.5 Å². The minimum absolute atomic E-state index is 0.222. The largest absolute Gasteiger partial charge is 0.493 e. The first-order chi connectivity index (χ1) is 12.7. The molecule has 0 atom stereocenters. The fourth-order valence-electron chi connectivity index (χ4n) is 2.42. The molecule has 1 heterocycles. The quantitative estimate of drug-likeness (QED) is 0.634. The molecule has 0 saturated heterocycles. The molecule has 7 heteroatoms. The van der Waals surface area contributed by atoms with Gasteiger partial charge in [0.1, 0.15) is 5.03 Å². The predicted octanol–water partition coefficient (Wildman–Crippen LogP) is 4.50. The van der Waals surface area contributed by atoms with Gasteiger partial charge in [-0.15, -0.1) is 0 Å². The van der Waals surface area contributed by atoms with Crippen LogP contribution in [-0.4, -0.2) is 31.5 Å². The third-order valence-corrected chi connectivity index (χ3v) is 3.91.